The molecule has 0 unspecified atom stereocenters. The molecule has 0 fully saturated rings. The van der Waals surface area contributed by atoms with Gasteiger partial charge in [-0.15, -0.1) is 0 Å². The number of aryl methyl sites for hydroxylation is 2. The topological polar surface area (TPSA) is 90.5 Å². The summed E-state index contributed by atoms with van der Waals surface area (Å²) < 4.78 is 7.69. The standard InChI is InChI=1S/C13H15N7OS/c1-3-20-7-9(5-15-20)4-11(21)16-13-17-12(18-22-13)10-6-14-19(2)8-10/h5-8H,3-4H2,1-2H3,(H,16,17,18,21). The van der Waals surface area contributed by atoms with Gasteiger partial charge in [0.15, 0.2) is 5.82 Å². The van der Waals surface area contributed by atoms with Crippen molar-refractivity contribution in [3.63, 3.8) is 0 Å². The van der Waals surface area contributed by atoms with E-state index in [1.165, 1.54) is 0 Å². The fourth-order valence-electron chi connectivity index (χ4n) is 1.95. The van der Waals surface area contributed by atoms with Crippen LogP contribution in [0.5, 0.6) is 0 Å². The van der Waals surface area contributed by atoms with Gasteiger partial charge >= 0.3 is 0 Å². The molecule has 3 aromatic rings. The van der Waals surface area contributed by atoms with E-state index in [2.05, 4.69) is 24.9 Å². The maximum Gasteiger partial charge on any atom is 0.230 e. The average molecular weight is 317 g/mol. The van der Waals surface area contributed by atoms with Crippen LogP contribution in [-0.4, -0.2) is 34.8 Å². The predicted octanol–water partition coefficient (Wildman–Crippen LogP) is 1.34. The Balaban J connectivity index is 1.63. The van der Waals surface area contributed by atoms with Crippen LogP contribution >= 0.6 is 11.5 Å². The van der Waals surface area contributed by atoms with Crippen LogP contribution < -0.4 is 5.32 Å². The molecule has 9 heteroatoms. The number of nitrogens with zero attached hydrogens (tertiary/aromatic N) is 6. The lowest BCUT2D eigenvalue weighted by molar-refractivity contribution is -0.115. The van der Waals surface area contributed by atoms with Crippen molar-refractivity contribution in [2.45, 2.75) is 19.9 Å². The Bertz CT molecular complexity index is 788. The Hall–Kier alpha value is -2.55. The van der Waals surface area contributed by atoms with E-state index >= 15 is 0 Å². The molecule has 22 heavy (non-hydrogen) atoms. The number of carbonyl (C=O) groups is 1. The number of carbonyl (C=O) groups excluding carboxylic acids is 1. The molecule has 0 saturated carbocycles. The van der Waals surface area contributed by atoms with Crippen LogP contribution in [0, 0.1) is 0 Å². The first-order valence-corrected chi connectivity index (χ1v) is 7.55. The van der Waals surface area contributed by atoms with Crippen molar-refractivity contribution in [1.82, 2.24) is 28.9 Å². The van der Waals surface area contributed by atoms with Crippen LogP contribution in [0.2, 0.25) is 0 Å². The predicted molar refractivity (Wildman–Crippen MR) is 82.3 cm³/mol. The van der Waals surface area contributed by atoms with Crippen molar-refractivity contribution < 1.29 is 4.79 Å². The molecule has 0 saturated heterocycles. The second-order valence-electron chi connectivity index (χ2n) is 4.76. The minimum Gasteiger partial charge on any atom is -0.300 e. The second-order valence-corrected chi connectivity index (χ2v) is 5.51. The largest absolute Gasteiger partial charge is 0.300 e. The van der Waals surface area contributed by atoms with Gasteiger partial charge in [-0.05, 0) is 12.5 Å². The summed E-state index contributed by atoms with van der Waals surface area (Å²) in [4.78, 5) is 16.3. The summed E-state index contributed by atoms with van der Waals surface area (Å²) in [5.74, 6) is 0.428. The molecule has 0 atom stereocenters. The Labute approximate surface area is 131 Å². The van der Waals surface area contributed by atoms with E-state index in [4.69, 9.17) is 0 Å². The maximum absolute atomic E-state index is 12.0. The molecule has 3 rings (SSSR count). The third-order valence-electron chi connectivity index (χ3n) is 3.01. The number of amides is 1. The smallest absolute Gasteiger partial charge is 0.230 e. The van der Waals surface area contributed by atoms with E-state index in [0.29, 0.717) is 11.0 Å². The van der Waals surface area contributed by atoms with E-state index in [0.717, 1.165) is 29.2 Å². The molecule has 1 amide bonds. The van der Waals surface area contributed by atoms with Gasteiger partial charge in [0, 0.05) is 37.5 Å². The summed E-state index contributed by atoms with van der Waals surface area (Å²) in [6, 6.07) is 0. The van der Waals surface area contributed by atoms with Crippen LogP contribution in [-0.2, 0) is 24.8 Å². The molecule has 0 aliphatic heterocycles. The van der Waals surface area contributed by atoms with Crippen molar-refractivity contribution in [2.75, 3.05) is 5.32 Å². The zero-order chi connectivity index (χ0) is 15.5. The molecule has 0 aliphatic carbocycles. The number of hydrogen-bond donors (Lipinski definition) is 1. The molecule has 0 aromatic carbocycles. The van der Waals surface area contributed by atoms with Gasteiger partial charge in [0.1, 0.15) is 0 Å². The van der Waals surface area contributed by atoms with Gasteiger partial charge in [-0.25, -0.2) is 0 Å². The normalized spacial score (nSPS) is 10.8. The first kappa shape index (κ1) is 14.4. The molecule has 0 spiro atoms. The summed E-state index contributed by atoms with van der Waals surface area (Å²) in [5.41, 5.74) is 1.69. The first-order valence-electron chi connectivity index (χ1n) is 6.78. The number of hydrogen-bond acceptors (Lipinski definition) is 6. The third kappa shape index (κ3) is 3.19. The molecule has 3 heterocycles. The summed E-state index contributed by atoms with van der Waals surface area (Å²) >= 11 is 1.15. The lowest BCUT2D eigenvalue weighted by Crippen LogP contribution is -2.13. The molecule has 3 aromatic heterocycles. The van der Waals surface area contributed by atoms with Crippen molar-refractivity contribution in [3.05, 3.63) is 30.4 Å². The fourth-order valence-corrected chi connectivity index (χ4v) is 2.55. The number of rotatable bonds is 5. The minimum absolute atomic E-state index is 0.135. The van der Waals surface area contributed by atoms with Gasteiger partial charge in [0.25, 0.3) is 0 Å². The van der Waals surface area contributed by atoms with Gasteiger partial charge in [-0.1, -0.05) is 0 Å². The Morgan fingerprint density at radius 3 is 2.86 bits per heavy atom. The molecular weight excluding hydrogens is 302 g/mol. The minimum atomic E-state index is -0.135. The second kappa shape index (κ2) is 6.06. The van der Waals surface area contributed by atoms with Crippen molar-refractivity contribution in [1.29, 1.82) is 0 Å². The third-order valence-corrected chi connectivity index (χ3v) is 3.64. The highest BCUT2D eigenvalue weighted by molar-refractivity contribution is 7.10. The quantitative estimate of drug-likeness (QED) is 0.767. The molecular formula is C13H15N7OS. The first-order chi connectivity index (χ1) is 10.6. The molecule has 0 bridgehead atoms. The van der Waals surface area contributed by atoms with Crippen LogP contribution in [0.3, 0.4) is 0 Å². The van der Waals surface area contributed by atoms with E-state index in [1.54, 1.807) is 21.8 Å². The number of anilines is 1. The van der Waals surface area contributed by atoms with Crippen LogP contribution in [0.4, 0.5) is 5.13 Å². The highest BCUT2D eigenvalue weighted by Gasteiger charge is 2.12. The van der Waals surface area contributed by atoms with Crippen LogP contribution in [0.25, 0.3) is 11.4 Å². The van der Waals surface area contributed by atoms with E-state index in [1.807, 2.05) is 26.4 Å². The van der Waals surface area contributed by atoms with E-state index in [9.17, 15) is 4.79 Å². The Morgan fingerprint density at radius 1 is 1.32 bits per heavy atom. The molecule has 0 radical (unpaired) electrons. The Kier molecular flexibility index (Phi) is 3.96. The summed E-state index contributed by atoms with van der Waals surface area (Å²) in [7, 11) is 1.83. The number of nitrogens with one attached hydrogen (secondary N) is 1. The fraction of sp³-hybridized carbons (Fsp3) is 0.308. The molecule has 0 aliphatic rings. The van der Waals surface area contributed by atoms with Gasteiger partial charge < -0.3 is 5.32 Å². The molecule has 114 valence electrons. The Morgan fingerprint density at radius 2 is 2.18 bits per heavy atom. The zero-order valence-corrected chi connectivity index (χ0v) is 13.0. The average Bonchev–Trinajstić information content (AvgIpc) is 3.19. The zero-order valence-electron chi connectivity index (χ0n) is 12.2. The van der Waals surface area contributed by atoms with E-state index < -0.39 is 0 Å². The molecule has 1 N–H and O–H groups in total. The van der Waals surface area contributed by atoms with Gasteiger partial charge in [-0.2, -0.15) is 19.6 Å². The lowest BCUT2D eigenvalue weighted by Gasteiger charge is -1.98. The summed E-state index contributed by atoms with van der Waals surface area (Å²) in [6.07, 6.45) is 7.34. The summed E-state index contributed by atoms with van der Waals surface area (Å²) in [5, 5.41) is 11.5. The van der Waals surface area contributed by atoms with Crippen molar-refractivity contribution >= 4 is 22.6 Å². The van der Waals surface area contributed by atoms with Gasteiger partial charge in [0.2, 0.25) is 11.0 Å². The highest BCUT2D eigenvalue weighted by Crippen LogP contribution is 2.20. The molecule has 8 nitrogen and oxygen atoms in total. The van der Waals surface area contributed by atoms with Crippen LogP contribution in [0.15, 0.2) is 24.8 Å². The van der Waals surface area contributed by atoms with Crippen molar-refractivity contribution in [3.8, 4) is 11.4 Å². The van der Waals surface area contributed by atoms with Crippen LogP contribution in [0.1, 0.15) is 12.5 Å². The maximum atomic E-state index is 12.0. The summed E-state index contributed by atoms with van der Waals surface area (Å²) in [6.45, 7) is 2.78. The van der Waals surface area contributed by atoms with Gasteiger partial charge in [-0.3, -0.25) is 14.2 Å². The van der Waals surface area contributed by atoms with Gasteiger partial charge in [0.05, 0.1) is 24.4 Å². The monoisotopic (exact) mass is 317 g/mol. The highest BCUT2D eigenvalue weighted by atomic mass is 32.1. The van der Waals surface area contributed by atoms with E-state index in [-0.39, 0.29) is 12.3 Å². The lowest BCUT2D eigenvalue weighted by atomic mass is 10.2. The number of aromatic nitrogens is 6. The SMILES string of the molecule is CCn1cc(CC(=O)Nc2nc(-c3cnn(C)c3)ns2)cn1. The van der Waals surface area contributed by atoms with Crippen molar-refractivity contribution in [2.24, 2.45) is 7.05 Å².